The number of hydrogen-bond acceptors (Lipinski definition) is 8. The Balaban J connectivity index is 1.42. The molecule has 2 amide bonds. The number of carbonyl (C=O) groups is 4. The van der Waals surface area contributed by atoms with Gasteiger partial charge in [0.25, 0.3) is 11.8 Å². The Bertz CT molecular complexity index is 1430. The summed E-state index contributed by atoms with van der Waals surface area (Å²) in [6.07, 6.45) is 1.66. The van der Waals surface area contributed by atoms with Crippen molar-refractivity contribution in [3.05, 3.63) is 94.7 Å². The zero-order valence-electron chi connectivity index (χ0n) is 21.2. The van der Waals surface area contributed by atoms with E-state index in [9.17, 15) is 19.2 Å². The predicted molar refractivity (Wildman–Crippen MR) is 145 cm³/mol. The van der Waals surface area contributed by atoms with Crippen molar-refractivity contribution >= 4 is 46.7 Å². The van der Waals surface area contributed by atoms with Gasteiger partial charge in [-0.2, -0.15) is 0 Å². The smallest absolute Gasteiger partial charge is 0.343 e. The van der Waals surface area contributed by atoms with E-state index in [2.05, 4.69) is 5.32 Å². The molecule has 0 saturated heterocycles. The summed E-state index contributed by atoms with van der Waals surface area (Å²) < 4.78 is 15.8. The van der Waals surface area contributed by atoms with E-state index in [1.807, 2.05) is 6.92 Å². The van der Waals surface area contributed by atoms with Gasteiger partial charge in [0.2, 0.25) is 0 Å². The fourth-order valence-electron chi connectivity index (χ4n) is 3.68. The lowest BCUT2D eigenvalue weighted by Crippen LogP contribution is -2.32. The van der Waals surface area contributed by atoms with E-state index >= 15 is 0 Å². The van der Waals surface area contributed by atoms with E-state index in [0.717, 1.165) is 17.7 Å². The summed E-state index contributed by atoms with van der Waals surface area (Å²) in [5.41, 5.74) is 1.12. The van der Waals surface area contributed by atoms with Crippen molar-refractivity contribution < 1.29 is 33.4 Å². The number of carbonyl (C=O) groups excluding carboxylic acids is 4. The lowest BCUT2D eigenvalue weighted by atomic mass is 10.2. The number of methoxy groups -OCH3 is 1. The molecule has 0 bridgehead atoms. The number of para-hydroxylation sites is 2. The van der Waals surface area contributed by atoms with Gasteiger partial charge in [-0.05, 0) is 67.1 Å². The summed E-state index contributed by atoms with van der Waals surface area (Å²) in [6, 6.07) is 18.8. The summed E-state index contributed by atoms with van der Waals surface area (Å²) in [5.74, 6) is -1.76. The number of ether oxygens (including phenoxy) is 3. The van der Waals surface area contributed by atoms with Gasteiger partial charge in [-0.3, -0.25) is 9.59 Å². The second-order valence-corrected chi connectivity index (χ2v) is 8.79. The van der Waals surface area contributed by atoms with Crippen molar-refractivity contribution in [2.75, 3.05) is 23.9 Å². The molecule has 0 aromatic heterocycles. The molecule has 1 heterocycles. The Morgan fingerprint density at radius 3 is 2.10 bits per heavy atom. The van der Waals surface area contributed by atoms with Crippen molar-refractivity contribution in [1.82, 2.24) is 0 Å². The molecule has 4 rings (SSSR count). The third-order valence-electron chi connectivity index (χ3n) is 5.78. The minimum Gasteiger partial charge on any atom is -0.493 e. The second kappa shape index (κ2) is 12.3. The van der Waals surface area contributed by atoms with Crippen LogP contribution in [0.3, 0.4) is 0 Å². The molecular formula is C29H25ClN2O7. The molecule has 0 aliphatic carbocycles. The summed E-state index contributed by atoms with van der Waals surface area (Å²) >= 11 is 6.22. The van der Waals surface area contributed by atoms with Crippen LogP contribution in [0.4, 0.5) is 11.4 Å². The van der Waals surface area contributed by atoms with Gasteiger partial charge in [-0.1, -0.05) is 37.1 Å². The van der Waals surface area contributed by atoms with Crippen LogP contribution < -0.4 is 19.7 Å². The van der Waals surface area contributed by atoms with Gasteiger partial charge in [0.15, 0.2) is 11.5 Å². The first kappa shape index (κ1) is 27.4. The third kappa shape index (κ3) is 6.10. The maximum Gasteiger partial charge on any atom is 0.343 e. The largest absolute Gasteiger partial charge is 0.493 e. The molecule has 0 radical (unpaired) electrons. The number of amides is 2. The zero-order chi connectivity index (χ0) is 27.9. The van der Waals surface area contributed by atoms with Gasteiger partial charge in [-0.15, -0.1) is 0 Å². The molecule has 1 N–H and O–H groups in total. The quantitative estimate of drug-likeness (QED) is 0.157. The van der Waals surface area contributed by atoms with Gasteiger partial charge in [-0.25, -0.2) is 14.5 Å². The maximum atomic E-state index is 13.1. The molecule has 0 unspecified atom stereocenters. The van der Waals surface area contributed by atoms with Crippen molar-refractivity contribution in [1.29, 1.82) is 0 Å². The van der Waals surface area contributed by atoms with E-state index < -0.39 is 23.8 Å². The van der Waals surface area contributed by atoms with Crippen molar-refractivity contribution in [2.24, 2.45) is 0 Å². The number of nitrogens with one attached hydrogen (secondary N) is 1. The molecule has 9 nitrogen and oxygen atoms in total. The summed E-state index contributed by atoms with van der Waals surface area (Å²) in [5, 5.41) is 2.56. The monoisotopic (exact) mass is 548 g/mol. The van der Waals surface area contributed by atoms with E-state index in [0.29, 0.717) is 23.6 Å². The van der Waals surface area contributed by atoms with Crippen LogP contribution in [0, 0.1) is 0 Å². The van der Waals surface area contributed by atoms with Gasteiger partial charge >= 0.3 is 11.9 Å². The standard InChI is InChI=1S/C29H25ClN2O7/c1-3-4-17-38-28(35)18-11-15-21(16-12-18)32-26(33)24(30)25(27(32)34)31-20-13-9-19(10-14-20)29(36)39-23-8-6-5-7-22(23)37-2/h5-16,31H,3-4,17H2,1-2H3. The average Bonchev–Trinajstić information content (AvgIpc) is 3.16. The van der Waals surface area contributed by atoms with Crippen LogP contribution in [0.15, 0.2) is 83.5 Å². The normalized spacial score (nSPS) is 12.9. The maximum absolute atomic E-state index is 13.1. The molecule has 0 spiro atoms. The summed E-state index contributed by atoms with van der Waals surface area (Å²) in [6.45, 7) is 2.31. The minimum absolute atomic E-state index is 0.117. The number of halogens is 1. The number of nitrogens with zero attached hydrogens (tertiary/aromatic N) is 1. The van der Waals surface area contributed by atoms with Crippen LogP contribution in [0.25, 0.3) is 0 Å². The van der Waals surface area contributed by atoms with Gasteiger partial charge in [0, 0.05) is 5.69 Å². The van der Waals surface area contributed by atoms with Crippen molar-refractivity contribution in [3.8, 4) is 11.5 Å². The molecule has 39 heavy (non-hydrogen) atoms. The molecule has 200 valence electrons. The first-order chi connectivity index (χ1) is 18.8. The lowest BCUT2D eigenvalue weighted by molar-refractivity contribution is -0.120. The van der Waals surface area contributed by atoms with Crippen molar-refractivity contribution in [3.63, 3.8) is 0 Å². The molecule has 3 aromatic rings. The van der Waals surface area contributed by atoms with E-state index in [1.165, 1.54) is 43.5 Å². The van der Waals surface area contributed by atoms with E-state index in [1.54, 1.807) is 36.4 Å². The molecule has 0 fully saturated rings. The Labute approximate surface area is 229 Å². The van der Waals surface area contributed by atoms with Gasteiger partial charge < -0.3 is 19.5 Å². The molecule has 0 atom stereocenters. The van der Waals surface area contributed by atoms with Gasteiger partial charge in [0.1, 0.15) is 10.7 Å². The van der Waals surface area contributed by atoms with Crippen LogP contribution in [0.2, 0.25) is 0 Å². The van der Waals surface area contributed by atoms with Crippen LogP contribution >= 0.6 is 11.6 Å². The summed E-state index contributed by atoms with van der Waals surface area (Å²) in [4.78, 5) is 51.5. The number of unbranched alkanes of at least 4 members (excludes halogenated alkanes) is 1. The highest BCUT2D eigenvalue weighted by atomic mass is 35.5. The second-order valence-electron chi connectivity index (χ2n) is 8.41. The van der Waals surface area contributed by atoms with Crippen LogP contribution in [0.5, 0.6) is 11.5 Å². The van der Waals surface area contributed by atoms with E-state index in [-0.39, 0.29) is 27.7 Å². The Morgan fingerprint density at radius 2 is 1.46 bits per heavy atom. The number of imide groups is 1. The topological polar surface area (TPSA) is 111 Å². The Hall–Kier alpha value is -4.63. The molecule has 0 saturated carbocycles. The highest BCUT2D eigenvalue weighted by Gasteiger charge is 2.39. The Kier molecular flexibility index (Phi) is 8.63. The van der Waals surface area contributed by atoms with Crippen LogP contribution in [-0.2, 0) is 14.3 Å². The molecule has 10 heteroatoms. The highest BCUT2D eigenvalue weighted by molar-refractivity contribution is 6.53. The number of esters is 2. The van der Waals surface area contributed by atoms with Crippen molar-refractivity contribution in [2.45, 2.75) is 19.8 Å². The Morgan fingerprint density at radius 1 is 0.846 bits per heavy atom. The summed E-state index contributed by atoms with van der Waals surface area (Å²) in [7, 11) is 1.48. The number of anilines is 2. The third-order valence-corrected chi connectivity index (χ3v) is 6.13. The fourth-order valence-corrected chi connectivity index (χ4v) is 3.89. The molecule has 1 aliphatic heterocycles. The average molecular weight is 549 g/mol. The minimum atomic E-state index is -0.709. The lowest BCUT2D eigenvalue weighted by Gasteiger charge is -2.15. The predicted octanol–water partition coefficient (Wildman–Crippen LogP) is 5.31. The first-order valence-electron chi connectivity index (χ1n) is 12.1. The van der Waals surface area contributed by atoms with Crippen LogP contribution in [-0.4, -0.2) is 37.5 Å². The number of rotatable bonds is 10. The first-order valence-corrected chi connectivity index (χ1v) is 12.5. The highest BCUT2D eigenvalue weighted by Crippen LogP contribution is 2.31. The molecular weight excluding hydrogens is 524 g/mol. The van der Waals surface area contributed by atoms with Gasteiger partial charge in [0.05, 0.1) is 30.5 Å². The molecule has 3 aromatic carbocycles. The number of benzene rings is 3. The van der Waals surface area contributed by atoms with Crippen LogP contribution in [0.1, 0.15) is 40.5 Å². The number of hydrogen-bond donors (Lipinski definition) is 1. The molecule has 1 aliphatic rings. The SMILES string of the molecule is CCCCOC(=O)c1ccc(N2C(=O)C(Cl)=C(Nc3ccc(C(=O)Oc4ccccc4OC)cc3)C2=O)cc1. The zero-order valence-corrected chi connectivity index (χ0v) is 22.0. The fraction of sp³-hybridized carbons (Fsp3) is 0.172. The van der Waals surface area contributed by atoms with E-state index in [4.69, 9.17) is 25.8 Å².